The van der Waals surface area contributed by atoms with Gasteiger partial charge in [-0.05, 0) is 44.1 Å². The quantitative estimate of drug-likeness (QED) is 0.614. The molecule has 5 aliphatic carbocycles. The molecule has 7 nitrogen and oxygen atoms in total. The largest absolute Gasteiger partial charge is 0.462 e. The van der Waals surface area contributed by atoms with Crippen molar-refractivity contribution in [3.8, 4) is 0 Å². The van der Waals surface area contributed by atoms with Gasteiger partial charge in [0.25, 0.3) is 0 Å². The predicted molar refractivity (Wildman–Crippen MR) is 116 cm³/mol. The second kappa shape index (κ2) is 6.91. The van der Waals surface area contributed by atoms with E-state index in [0.717, 1.165) is 38.8 Å². The first-order chi connectivity index (χ1) is 15.3. The number of nitrogens with zero attached hydrogens (tertiary/aromatic N) is 1. The number of hydrogen-bond acceptors (Lipinski definition) is 7. The van der Waals surface area contributed by atoms with Crippen LogP contribution in [0.5, 0.6) is 0 Å². The molecule has 0 amide bonds. The Bertz CT molecular complexity index is 807. The summed E-state index contributed by atoms with van der Waals surface area (Å²) in [5.74, 6) is 0.164. The number of carbonyl (C=O) groups is 1. The lowest BCUT2D eigenvalue weighted by Crippen LogP contribution is -2.76. The fourth-order valence-electron chi connectivity index (χ4n) is 10.7. The number of hydrogen-bond donors (Lipinski definition) is 2. The van der Waals surface area contributed by atoms with Gasteiger partial charge < -0.3 is 24.4 Å². The van der Waals surface area contributed by atoms with Gasteiger partial charge in [0.05, 0.1) is 24.4 Å². The molecule has 1 heterocycles. The lowest BCUT2D eigenvalue weighted by molar-refractivity contribution is -0.274. The first-order valence-corrected chi connectivity index (χ1v) is 12.6. The van der Waals surface area contributed by atoms with Crippen LogP contribution in [0, 0.1) is 40.4 Å². The molecule has 2 N–H and O–H groups in total. The maximum atomic E-state index is 12.5. The standard InChI is InChI=1S/C25H39NO6/c1-5-26-11-23(12-30-3)7-6-19(28)25-15-8-14-17(31-4)10-24(29,16(22(25)26)9-18(23)25)20(15)21(14)32-13(2)27/h14-22,28-29H,5-12H2,1-4H3/t14?,15?,16?,17?,18-,19?,20?,21?,22+,23+,24+,25?/m1/s1. The Kier molecular flexibility index (Phi) is 4.70. The molecule has 1 saturated heterocycles. The summed E-state index contributed by atoms with van der Waals surface area (Å²) < 4.78 is 17.7. The third-order valence-electron chi connectivity index (χ3n) is 11.2. The van der Waals surface area contributed by atoms with Gasteiger partial charge in [-0.1, -0.05) is 6.92 Å². The van der Waals surface area contributed by atoms with Crippen LogP contribution in [-0.4, -0.2) is 85.0 Å². The van der Waals surface area contributed by atoms with Crippen LogP contribution in [0.15, 0.2) is 0 Å². The number of methoxy groups -OCH3 is 2. The topological polar surface area (TPSA) is 88.5 Å². The maximum Gasteiger partial charge on any atom is 0.302 e. The third-order valence-corrected chi connectivity index (χ3v) is 11.2. The van der Waals surface area contributed by atoms with Crippen molar-refractivity contribution in [2.45, 2.75) is 75.9 Å². The van der Waals surface area contributed by atoms with Gasteiger partial charge in [0, 0.05) is 68.7 Å². The van der Waals surface area contributed by atoms with E-state index >= 15 is 0 Å². The highest BCUT2D eigenvalue weighted by atomic mass is 16.5. The minimum atomic E-state index is -0.942. The Morgan fingerprint density at radius 2 is 2.00 bits per heavy atom. The molecular formula is C25H39NO6. The Morgan fingerprint density at radius 1 is 1.22 bits per heavy atom. The minimum Gasteiger partial charge on any atom is -0.462 e. The van der Waals surface area contributed by atoms with E-state index in [4.69, 9.17) is 14.2 Å². The molecule has 5 saturated carbocycles. The van der Waals surface area contributed by atoms with Gasteiger partial charge in [-0.2, -0.15) is 0 Å². The first-order valence-electron chi connectivity index (χ1n) is 12.6. The molecular weight excluding hydrogens is 410 g/mol. The Labute approximate surface area is 190 Å². The van der Waals surface area contributed by atoms with Crippen LogP contribution in [0.2, 0.25) is 0 Å². The number of rotatable bonds is 5. The number of fused-ring (bicyclic) bond motifs is 2. The Morgan fingerprint density at radius 3 is 2.66 bits per heavy atom. The number of esters is 1. The maximum absolute atomic E-state index is 12.5. The summed E-state index contributed by atoms with van der Waals surface area (Å²) in [6, 6.07) is 0.163. The number of piperidine rings is 1. The molecule has 0 aromatic rings. The smallest absolute Gasteiger partial charge is 0.302 e. The van der Waals surface area contributed by atoms with Crippen LogP contribution in [-0.2, 0) is 19.0 Å². The number of aliphatic hydroxyl groups excluding tert-OH is 1. The zero-order valence-electron chi connectivity index (χ0n) is 19.8. The SMILES string of the molecule is CCN1C[C@]2(COC)CCC(O)C34C5CC6C(OC)C[C@@](O)(C5C6OC(C)=O)C(C[C@@H]32)[C@H]14. The summed E-state index contributed by atoms with van der Waals surface area (Å²) in [5.41, 5.74) is -1.20. The van der Waals surface area contributed by atoms with Gasteiger partial charge in [0.15, 0.2) is 0 Å². The molecule has 7 bridgehead atoms. The zero-order chi connectivity index (χ0) is 22.6. The molecule has 1 aliphatic heterocycles. The van der Waals surface area contributed by atoms with Gasteiger partial charge in [-0.15, -0.1) is 0 Å². The molecule has 0 radical (unpaired) electrons. The van der Waals surface area contributed by atoms with Crippen LogP contribution in [0.1, 0.15) is 46.0 Å². The van der Waals surface area contributed by atoms with Crippen molar-refractivity contribution in [3.63, 3.8) is 0 Å². The molecule has 32 heavy (non-hydrogen) atoms. The van der Waals surface area contributed by atoms with Crippen molar-refractivity contribution >= 4 is 5.97 Å². The summed E-state index contributed by atoms with van der Waals surface area (Å²) in [7, 11) is 3.51. The van der Waals surface area contributed by atoms with Crippen LogP contribution in [0.25, 0.3) is 0 Å². The number of likely N-dealkylation sites (tertiary alicyclic amines) is 1. The van der Waals surface area contributed by atoms with Crippen molar-refractivity contribution in [2.75, 3.05) is 33.9 Å². The van der Waals surface area contributed by atoms with E-state index in [1.165, 1.54) is 6.92 Å². The van der Waals surface area contributed by atoms with E-state index in [1.807, 2.05) is 0 Å². The van der Waals surface area contributed by atoms with E-state index in [0.29, 0.717) is 18.9 Å². The number of ether oxygens (including phenoxy) is 3. The molecule has 6 fully saturated rings. The van der Waals surface area contributed by atoms with Gasteiger partial charge in [-0.25, -0.2) is 0 Å². The molecule has 0 aromatic heterocycles. The second-order valence-electron chi connectivity index (χ2n) is 11.8. The molecule has 6 aliphatic rings. The van der Waals surface area contributed by atoms with Crippen molar-refractivity contribution < 1.29 is 29.2 Å². The Hall–Kier alpha value is -0.730. The van der Waals surface area contributed by atoms with Crippen molar-refractivity contribution in [2.24, 2.45) is 40.4 Å². The first kappa shape index (κ1) is 21.8. The van der Waals surface area contributed by atoms with Crippen molar-refractivity contribution in [1.82, 2.24) is 4.90 Å². The van der Waals surface area contributed by atoms with Gasteiger partial charge in [0.2, 0.25) is 0 Å². The molecule has 0 aromatic carbocycles. The lowest BCUT2D eigenvalue weighted by Gasteiger charge is -2.69. The highest BCUT2D eigenvalue weighted by Crippen LogP contribution is 2.79. The number of aliphatic hydroxyl groups is 2. The molecule has 1 spiro atoms. The zero-order valence-corrected chi connectivity index (χ0v) is 19.8. The second-order valence-corrected chi connectivity index (χ2v) is 11.8. The molecule has 180 valence electrons. The lowest BCUT2D eigenvalue weighted by atomic mass is 9.43. The van der Waals surface area contributed by atoms with E-state index in [9.17, 15) is 15.0 Å². The van der Waals surface area contributed by atoms with E-state index in [2.05, 4.69) is 11.8 Å². The van der Waals surface area contributed by atoms with Gasteiger partial charge in [-0.3, -0.25) is 9.69 Å². The monoisotopic (exact) mass is 449 g/mol. The average Bonchev–Trinajstić information content (AvgIpc) is 3.20. The average molecular weight is 450 g/mol. The predicted octanol–water partition coefficient (Wildman–Crippen LogP) is 1.45. The third kappa shape index (κ3) is 2.28. The fraction of sp³-hybridized carbons (Fsp3) is 0.960. The summed E-state index contributed by atoms with van der Waals surface area (Å²) >= 11 is 0. The molecule has 8 unspecified atom stereocenters. The van der Waals surface area contributed by atoms with Gasteiger partial charge >= 0.3 is 5.97 Å². The van der Waals surface area contributed by atoms with E-state index in [-0.39, 0.29) is 58.7 Å². The van der Waals surface area contributed by atoms with Crippen LogP contribution in [0.4, 0.5) is 0 Å². The minimum absolute atomic E-state index is 0.0138. The Balaban J connectivity index is 1.56. The van der Waals surface area contributed by atoms with Crippen LogP contribution < -0.4 is 0 Å². The summed E-state index contributed by atoms with van der Waals surface area (Å²) in [6.07, 6.45) is 3.27. The number of carbonyl (C=O) groups excluding carboxylic acids is 1. The van der Waals surface area contributed by atoms with E-state index < -0.39 is 11.7 Å². The van der Waals surface area contributed by atoms with E-state index in [1.54, 1.807) is 14.2 Å². The van der Waals surface area contributed by atoms with Crippen molar-refractivity contribution in [3.05, 3.63) is 0 Å². The highest BCUT2D eigenvalue weighted by Gasteiger charge is 2.83. The fourth-order valence-corrected chi connectivity index (χ4v) is 10.7. The molecule has 7 heteroatoms. The van der Waals surface area contributed by atoms with Crippen LogP contribution in [0.3, 0.4) is 0 Å². The molecule has 6 rings (SSSR count). The summed E-state index contributed by atoms with van der Waals surface area (Å²) in [6.45, 7) is 6.27. The van der Waals surface area contributed by atoms with Crippen molar-refractivity contribution in [1.29, 1.82) is 0 Å². The van der Waals surface area contributed by atoms with Gasteiger partial charge in [0.1, 0.15) is 6.10 Å². The summed E-state index contributed by atoms with van der Waals surface area (Å²) in [4.78, 5) is 14.7. The summed E-state index contributed by atoms with van der Waals surface area (Å²) in [5, 5.41) is 24.4. The van der Waals surface area contributed by atoms with Crippen LogP contribution >= 0.6 is 0 Å². The highest BCUT2D eigenvalue weighted by molar-refractivity contribution is 5.66. The normalized spacial score (nSPS) is 57.5. The molecule has 12 atom stereocenters.